The van der Waals surface area contributed by atoms with Gasteiger partial charge in [0, 0.05) is 22.8 Å². The summed E-state index contributed by atoms with van der Waals surface area (Å²) < 4.78 is 7.60. The molecular weight excluding hydrogens is 336 g/mol. The van der Waals surface area contributed by atoms with E-state index in [4.69, 9.17) is 4.52 Å². The summed E-state index contributed by atoms with van der Waals surface area (Å²) in [5, 5.41) is 18.4. The van der Waals surface area contributed by atoms with Gasteiger partial charge in [0.15, 0.2) is 11.6 Å². The van der Waals surface area contributed by atoms with Crippen LogP contribution in [0.5, 0.6) is 0 Å². The van der Waals surface area contributed by atoms with Gasteiger partial charge >= 0.3 is 0 Å². The van der Waals surface area contributed by atoms with Crippen LogP contribution in [0.25, 0.3) is 11.8 Å². The lowest BCUT2D eigenvalue weighted by molar-refractivity contribution is 0.400. The first-order valence-corrected chi connectivity index (χ1v) is 6.92. The number of tetrazole rings is 1. The normalized spacial score (nSPS) is 11.1. The van der Waals surface area contributed by atoms with Gasteiger partial charge in [-0.1, -0.05) is 21.1 Å². The molecule has 3 aromatic rings. The fourth-order valence-electron chi connectivity index (χ4n) is 1.70. The molecule has 2 heterocycles. The standard InChI is InChI=1S/C13H11BrN6O/c1-9-8-12(17-21-9)15-7-6-13-16-18-19-20(13)11-4-2-10(14)3-5-11/h2-8H,1H3,(H,15,17)/b7-6-. The molecule has 21 heavy (non-hydrogen) atoms. The lowest BCUT2D eigenvalue weighted by Gasteiger charge is -2.01. The third-order valence-electron chi connectivity index (χ3n) is 2.66. The number of hydrogen-bond donors (Lipinski definition) is 1. The number of anilines is 1. The van der Waals surface area contributed by atoms with Gasteiger partial charge in [-0.2, -0.15) is 4.68 Å². The van der Waals surface area contributed by atoms with Crippen molar-refractivity contribution in [3.63, 3.8) is 0 Å². The van der Waals surface area contributed by atoms with Crippen molar-refractivity contribution < 1.29 is 4.52 Å². The number of aromatic nitrogens is 5. The maximum absolute atomic E-state index is 4.96. The number of aryl methyl sites for hydroxylation is 1. The van der Waals surface area contributed by atoms with Crippen molar-refractivity contribution in [2.75, 3.05) is 5.32 Å². The van der Waals surface area contributed by atoms with Crippen molar-refractivity contribution in [1.29, 1.82) is 0 Å². The zero-order chi connectivity index (χ0) is 14.7. The Hall–Kier alpha value is -2.48. The third-order valence-corrected chi connectivity index (χ3v) is 3.19. The second-order valence-corrected chi connectivity index (χ2v) is 5.14. The van der Waals surface area contributed by atoms with E-state index < -0.39 is 0 Å². The molecule has 1 N–H and O–H groups in total. The van der Waals surface area contributed by atoms with Crippen LogP contribution < -0.4 is 5.32 Å². The molecule has 0 bridgehead atoms. The number of nitrogens with zero attached hydrogens (tertiary/aromatic N) is 5. The van der Waals surface area contributed by atoms with Crippen molar-refractivity contribution >= 4 is 27.8 Å². The Morgan fingerprint density at radius 1 is 1.29 bits per heavy atom. The van der Waals surface area contributed by atoms with Gasteiger partial charge in [0.25, 0.3) is 0 Å². The summed E-state index contributed by atoms with van der Waals surface area (Å²) in [6, 6.07) is 9.50. The van der Waals surface area contributed by atoms with E-state index in [2.05, 4.69) is 41.9 Å². The van der Waals surface area contributed by atoms with E-state index in [1.807, 2.05) is 31.2 Å². The zero-order valence-corrected chi connectivity index (χ0v) is 12.6. The molecular formula is C13H11BrN6O. The Morgan fingerprint density at radius 2 is 2.10 bits per heavy atom. The van der Waals surface area contributed by atoms with Crippen molar-refractivity contribution in [3.8, 4) is 5.69 Å². The fraction of sp³-hybridized carbons (Fsp3) is 0.0769. The Bertz CT molecular complexity index is 761. The van der Waals surface area contributed by atoms with E-state index >= 15 is 0 Å². The quantitative estimate of drug-likeness (QED) is 0.782. The summed E-state index contributed by atoms with van der Waals surface area (Å²) in [4.78, 5) is 0. The molecule has 0 atom stereocenters. The van der Waals surface area contributed by atoms with Crippen LogP contribution in [-0.4, -0.2) is 25.4 Å². The summed E-state index contributed by atoms with van der Waals surface area (Å²) in [5.74, 6) is 1.97. The second kappa shape index (κ2) is 5.88. The van der Waals surface area contributed by atoms with Crippen molar-refractivity contribution in [2.24, 2.45) is 0 Å². The first-order valence-electron chi connectivity index (χ1n) is 6.13. The van der Waals surface area contributed by atoms with E-state index in [9.17, 15) is 0 Å². The van der Waals surface area contributed by atoms with Gasteiger partial charge in [0.2, 0.25) is 0 Å². The number of nitrogens with one attached hydrogen (secondary N) is 1. The monoisotopic (exact) mass is 346 g/mol. The highest BCUT2D eigenvalue weighted by Crippen LogP contribution is 2.14. The fourth-order valence-corrected chi connectivity index (χ4v) is 1.96. The molecule has 7 nitrogen and oxygen atoms in total. The predicted molar refractivity (Wildman–Crippen MR) is 80.8 cm³/mol. The molecule has 0 aliphatic heterocycles. The van der Waals surface area contributed by atoms with Crippen LogP contribution in [0.3, 0.4) is 0 Å². The minimum atomic E-state index is 0.602. The molecule has 1 aromatic carbocycles. The summed E-state index contributed by atoms with van der Waals surface area (Å²) in [5.41, 5.74) is 0.875. The van der Waals surface area contributed by atoms with E-state index in [0.29, 0.717) is 11.6 Å². The minimum Gasteiger partial charge on any atom is -0.360 e. The van der Waals surface area contributed by atoms with Crippen molar-refractivity contribution in [2.45, 2.75) is 6.92 Å². The lowest BCUT2D eigenvalue weighted by Crippen LogP contribution is -1.99. The van der Waals surface area contributed by atoms with Crippen LogP contribution >= 0.6 is 15.9 Å². The average molecular weight is 347 g/mol. The molecule has 0 spiro atoms. The van der Waals surface area contributed by atoms with Gasteiger partial charge in [-0.15, -0.1) is 5.10 Å². The molecule has 0 saturated heterocycles. The smallest absolute Gasteiger partial charge is 0.181 e. The molecule has 8 heteroatoms. The van der Waals surface area contributed by atoms with Gasteiger partial charge < -0.3 is 9.84 Å². The summed E-state index contributed by atoms with van der Waals surface area (Å²) in [7, 11) is 0. The molecule has 0 fully saturated rings. The van der Waals surface area contributed by atoms with Crippen LogP contribution in [0.2, 0.25) is 0 Å². The summed E-state index contributed by atoms with van der Waals surface area (Å²) in [6.45, 7) is 1.83. The van der Waals surface area contributed by atoms with E-state index in [1.54, 1.807) is 23.0 Å². The topological polar surface area (TPSA) is 81.7 Å². The molecule has 0 unspecified atom stereocenters. The molecule has 0 saturated carbocycles. The first kappa shape index (κ1) is 13.5. The Balaban J connectivity index is 1.77. The highest BCUT2D eigenvalue weighted by Gasteiger charge is 2.05. The maximum atomic E-state index is 4.96. The van der Waals surface area contributed by atoms with Crippen LogP contribution in [0, 0.1) is 6.92 Å². The molecule has 0 aliphatic carbocycles. The molecule has 0 radical (unpaired) electrons. The zero-order valence-electron chi connectivity index (χ0n) is 11.1. The van der Waals surface area contributed by atoms with Crippen molar-refractivity contribution in [1.82, 2.24) is 25.4 Å². The highest BCUT2D eigenvalue weighted by molar-refractivity contribution is 9.10. The van der Waals surface area contributed by atoms with Crippen molar-refractivity contribution in [3.05, 3.63) is 52.6 Å². The van der Waals surface area contributed by atoms with Crippen LogP contribution in [0.15, 0.2) is 45.5 Å². The maximum Gasteiger partial charge on any atom is 0.181 e. The third kappa shape index (κ3) is 3.16. The Morgan fingerprint density at radius 3 is 2.81 bits per heavy atom. The van der Waals surface area contributed by atoms with Gasteiger partial charge in [-0.05, 0) is 41.6 Å². The van der Waals surface area contributed by atoms with Gasteiger partial charge in [-0.25, -0.2) is 0 Å². The van der Waals surface area contributed by atoms with Gasteiger partial charge in [0.1, 0.15) is 5.76 Å². The van der Waals surface area contributed by atoms with E-state index in [-0.39, 0.29) is 0 Å². The largest absolute Gasteiger partial charge is 0.360 e. The molecule has 2 aromatic heterocycles. The van der Waals surface area contributed by atoms with Gasteiger partial charge in [0.05, 0.1) is 5.69 Å². The molecule has 3 rings (SSSR count). The van der Waals surface area contributed by atoms with Gasteiger partial charge in [-0.3, -0.25) is 0 Å². The minimum absolute atomic E-state index is 0.602. The number of benzene rings is 1. The molecule has 0 aliphatic rings. The average Bonchev–Trinajstić information content (AvgIpc) is 3.09. The first-order chi connectivity index (χ1) is 10.2. The molecule has 0 amide bonds. The van der Waals surface area contributed by atoms with E-state index in [0.717, 1.165) is 15.9 Å². The highest BCUT2D eigenvalue weighted by atomic mass is 79.9. The second-order valence-electron chi connectivity index (χ2n) is 4.23. The lowest BCUT2D eigenvalue weighted by atomic mass is 10.3. The number of halogens is 1. The van der Waals surface area contributed by atoms with Crippen LogP contribution in [0.4, 0.5) is 5.82 Å². The van der Waals surface area contributed by atoms with Crippen LogP contribution in [0.1, 0.15) is 11.6 Å². The predicted octanol–water partition coefficient (Wildman–Crippen LogP) is 2.80. The van der Waals surface area contributed by atoms with E-state index in [1.165, 1.54) is 0 Å². The van der Waals surface area contributed by atoms with Crippen LogP contribution in [-0.2, 0) is 0 Å². The summed E-state index contributed by atoms with van der Waals surface area (Å²) >= 11 is 3.40. The summed E-state index contributed by atoms with van der Waals surface area (Å²) in [6.07, 6.45) is 3.46. The molecule has 106 valence electrons. The Labute approximate surface area is 128 Å². The Kier molecular flexibility index (Phi) is 3.78. The number of hydrogen-bond acceptors (Lipinski definition) is 6. The number of rotatable bonds is 4. The SMILES string of the molecule is Cc1cc(N/C=C\c2nnnn2-c2ccc(Br)cc2)no1.